The molecule has 2 rings (SSSR count). The minimum absolute atomic E-state index is 0.0926. The van der Waals surface area contributed by atoms with Crippen LogP contribution in [0.1, 0.15) is 21.7 Å². The first-order chi connectivity index (χ1) is 11.0. The number of anilines is 1. The van der Waals surface area contributed by atoms with E-state index in [2.05, 4.69) is 17.1 Å². The van der Waals surface area contributed by atoms with Crippen molar-refractivity contribution in [2.24, 2.45) is 0 Å². The molecule has 1 aromatic carbocycles. The average molecular weight is 313 g/mol. The van der Waals surface area contributed by atoms with Gasteiger partial charge in [0.25, 0.3) is 5.91 Å². The van der Waals surface area contributed by atoms with Crippen LogP contribution in [0.4, 0.5) is 5.82 Å². The Bertz CT molecular complexity index is 704. The molecule has 1 aromatic heterocycles. The van der Waals surface area contributed by atoms with Gasteiger partial charge in [-0.1, -0.05) is 28.9 Å². The van der Waals surface area contributed by atoms with Gasteiger partial charge < -0.3 is 14.7 Å². The molecule has 6 heteroatoms. The number of amides is 2. The van der Waals surface area contributed by atoms with E-state index in [9.17, 15) is 9.59 Å². The third-order valence-electron chi connectivity index (χ3n) is 3.17. The number of rotatable bonds is 6. The Morgan fingerprint density at radius 2 is 2.00 bits per heavy atom. The molecule has 0 radical (unpaired) electrons. The van der Waals surface area contributed by atoms with Crippen molar-refractivity contribution >= 4 is 17.6 Å². The van der Waals surface area contributed by atoms with Crippen molar-refractivity contribution in [2.75, 3.05) is 18.4 Å². The van der Waals surface area contributed by atoms with E-state index in [0.717, 1.165) is 5.56 Å². The molecule has 0 bridgehead atoms. The number of nitrogens with one attached hydrogen (secondary N) is 1. The molecule has 23 heavy (non-hydrogen) atoms. The molecule has 2 aromatic rings. The van der Waals surface area contributed by atoms with Crippen molar-refractivity contribution in [2.45, 2.75) is 13.8 Å². The van der Waals surface area contributed by atoms with E-state index in [1.54, 1.807) is 31.2 Å². The average Bonchev–Trinajstić information content (AvgIpc) is 2.92. The Morgan fingerprint density at radius 1 is 1.30 bits per heavy atom. The summed E-state index contributed by atoms with van der Waals surface area (Å²) >= 11 is 0. The molecular formula is C17H19N3O3. The summed E-state index contributed by atoms with van der Waals surface area (Å²) in [5, 5.41) is 6.29. The molecule has 0 aliphatic carbocycles. The molecule has 0 fully saturated rings. The van der Waals surface area contributed by atoms with Gasteiger partial charge in [0.05, 0.1) is 0 Å². The largest absolute Gasteiger partial charge is 0.360 e. The minimum atomic E-state index is -0.347. The van der Waals surface area contributed by atoms with Crippen LogP contribution in [0.2, 0.25) is 0 Å². The number of nitrogens with zero attached hydrogens (tertiary/aromatic N) is 2. The summed E-state index contributed by atoms with van der Waals surface area (Å²) in [6.45, 7) is 7.49. The predicted molar refractivity (Wildman–Crippen MR) is 87.1 cm³/mol. The Morgan fingerprint density at radius 3 is 2.57 bits per heavy atom. The number of carbonyl (C=O) groups is 2. The van der Waals surface area contributed by atoms with E-state index >= 15 is 0 Å². The molecule has 1 N–H and O–H groups in total. The number of hydrogen-bond donors (Lipinski definition) is 1. The van der Waals surface area contributed by atoms with Crippen LogP contribution in [0.25, 0.3) is 0 Å². The summed E-state index contributed by atoms with van der Waals surface area (Å²) in [6.07, 6.45) is 1.58. The number of aryl methyl sites for hydroxylation is 2. The lowest BCUT2D eigenvalue weighted by Gasteiger charge is -2.20. The maximum Gasteiger partial charge on any atom is 0.254 e. The zero-order chi connectivity index (χ0) is 16.8. The van der Waals surface area contributed by atoms with Crippen molar-refractivity contribution in [3.05, 3.63) is 59.9 Å². The summed E-state index contributed by atoms with van der Waals surface area (Å²) in [6, 6.07) is 8.81. The van der Waals surface area contributed by atoms with Gasteiger partial charge in [0.1, 0.15) is 12.3 Å². The minimum Gasteiger partial charge on any atom is -0.360 e. The van der Waals surface area contributed by atoms with E-state index in [0.29, 0.717) is 17.1 Å². The Kier molecular flexibility index (Phi) is 5.30. The van der Waals surface area contributed by atoms with Crippen LogP contribution in [0.15, 0.2) is 47.5 Å². The monoisotopic (exact) mass is 313 g/mol. The fourth-order valence-electron chi connectivity index (χ4n) is 2.03. The van der Waals surface area contributed by atoms with Crippen LogP contribution in [-0.4, -0.2) is 35.0 Å². The van der Waals surface area contributed by atoms with Crippen molar-refractivity contribution < 1.29 is 14.1 Å². The second-order valence-electron chi connectivity index (χ2n) is 5.21. The number of hydrogen-bond acceptors (Lipinski definition) is 4. The summed E-state index contributed by atoms with van der Waals surface area (Å²) in [4.78, 5) is 26.0. The van der Waals surface area contributed by atoms with Crippen molar-refractivity contribution in [1.29, 1.82) is 0 Å². The van der Waals surface area contributed by atoms with E-state index < -0.39 is 0 Å². The summed E-state index contributed by atoms with van der Waals surface area (Å²) in [7, 11) is 0. The van der Waals surface area contributed by atoms with Crippen LogP contribution in [0, 0.1) is 13.8 Å². The Hall–Kier alpha value is -2.89. The highest BCUT2D eigenvalue weighted by Crippen LogP contribution is 2.09. The van der Waals surface area contributed by atoms with Gasteiger partial charge >= 0.3 is 0 Å². The fraction of sp³-hybridized carbons (Fsp3) is 0.235. The summed E-state index contributed by atoms with van der Waals surface area (Å²) in [5.41, 5.74) is 1.60. The smallest absolute Gasteiger partial charge is 0.254 e. The van der Waals surface area contributed by atoms with E-state index in [-0.39, 0.29) is 24.9 Å². The molecule has 0 atom stereocenters. The van der Waals surface area contributed by atoms with E-state index in [1.165, 1.54) is 4.90 Å². The topological polar surface area (TPSA) is 75.4 Å². The zero-order valence-electron chi connectivity index (χ0n) is 13.2. The van der Waals surface area contributed by atoms with Crippen LogP contribution in [-0.2, 0) is 4.79 Å². The van der Waals surface area contributed by atoms with Crippen LogP contribution in [0.5, 0.6) is 0 Å². The lowest BCUT2D eigenvalue weighted by Crippen LogP contribution is -2.38. The molecule has 2 amide bonds. The fourth-order valence-corrected chi connectivity index (χ4v) is 2.03. The summed E-state index contributed by atoms with van der Waals surface area (Å²) in [5.74, 6) is 0.352. The molecule has 120 valence electrons. The highest BCUT2D eigenvalue weighted by atomic mass is 16.5. The summed E-state index contributed by atoms with van der Waals surface area (Å²) < 4.78 is 4.88. The predicted octanol–water partition coefficient (Wildman–Crippen LogP) is 2.56. The molecule has 0 unspecified atom stereocenters. The zero-order valence-corrected chi connectivity index (χ0v) is 13.2. The molecule has 0 aliphatic rings. The van der Waals surface area contributed by atoms with E-state index in [4.69, 9.17) is 4.52 Å². The third-order valence-corrected chi connectivity index (χ3v) is 3.17. The SMILES string of the molecule is C=CCN(CC(=O)Nc1cc(C)on1)C(=O)c1ccc(C)cc1. The van der Waals surface area contributed by atoms with Gasteiger partial charge in [0.15, 0.2) is 5.82 Å². The van der Waals surface area contributed by atoms with Gasteiger partial charge in [0.2, 0.25) is 5.91 Å². The third kappa shape index (κ3) is 4.54. The normalized spacial score (nSPS) is 10.2. The standard InChI is InChI=1S/C17H19N3O3/c1-4-9-20(17(22)14-7-5-12(2)6-8-14)11-16(21)18-15-10-13(3)23-19-15/h4-8,10H,1,9,11H2,2-3H3,(H,18,19,21). The first-order valence-corrected chi connectivity index (χ1v) is 7.19. The second-order valence-corrected chi connectivity index (χ2v) is 5.21. The molecule has 0 saturated heterocycles. The van der Waals surface area contributed by atoms with Gasteiger partial charge in [-0.25, -0.2) is 0 Å². The van der Waals surface area contributed by atoms with Gasteiger partial charge in [-0.15, -0.1) is 6.58 Å². The van der Waals surface area contributed by atoms with Gasteiger partial charge in [-0.2, -0.15) is 0 Å². The van der Waals surface area contributed by atoms with Crippen LogP contribution < -0.4 is 5.32 Å². The lowest BCUT2D eigenvalue weighted by molar-refractivity contribution is -0.116. The molecule has 0 spiro atoms. The van der Waals surface area contributed by atoms with Gasteiger partial charge in [0, 0.05) is 18.2 Å². The van der Waals surface area contributed by atoms with Crippen molar-refractivity contribution in [3.63, 3.8) is 0 Å². The number of benzene rings is 1. The molecule has 6 nitrogen and oxygen atoms in total. The molecular weight excluding hydrogens is 294 g/mol. The Labute approximate surface area is 134 Å². The highest BCUT2D eigenvalue weighted by molar-refractivity contribution is 5.99. The van der Waals surface area contributed by atoms with E-state index in [1.807, 2.05) is 19.1 Å². The number of carbonyl (C=O) groups excluding carboxylic acids is 2. The first-order valence-electron chi connectivity index (χ1n) is 7.19. The molecule has 0 saturated carbocycles. The first kappa shape index (κ1) is 16.5. The molecule has 0 aliphatic heterocycles. The van der Waals surface area contributed by atoms with Gasteiger partial charge in [-0.3, -0.25) is 9.59 Å². The maximum absolute atomic E-state index is 12.5. The molecule has 1 heterocycles. The van der Waals surface area contributed by atoms with Crippen molar-refractivity contribution in [3.8, 4) is 0 Å². The van der Waals surface area contributed by atoms with Crippen LogP contribution >= 0.6 is 0 Å². The lowest BCUT2D eigenvalue weighted by atomic mass is 10.1. The highest BCUT2D eigenvalue weighted by Gasteiger charge is 2.18. The van der Waals surface area contributed by atoms with Crippen molar-refractivity contribution in [1.82, 2.24) is 10.1 Å². The van der Waals surface area contributed by atoms with Crippen LogP contribution in [0.3, 0.4) is 0 Å². The second kappa shape index (κ2) is 7.40. The maximum atomic E-state index is 12.5. The number of aromatic nitrogens is 1. The van der Waals surface area contributed by atoms with Gasteiger partial charge in [-0.05, 0) is 26.0 Å². The Balaban J connectivity index is 2.05. The quantitative estimate of drug-likeness (QED) is 0.832.